The van der Waals surface area contributed by atoms with Crippen LogP contribution >= 0.6 is 11.6 Å². The standard InChI is InChI=1S/C17H22ClNO2/c1-16(2,12-18)15(21)19-17(11-7-6-10-14(17)20)13-8-4-3-5-9-13/h3-5,8-9H,6-7,10-12H2,1-2H3,(H,19,21). The number of halogens is 1. The first-order valence-corrected chi connectivity index (χ1v) is 7.93. The van der Waals surface area contributed by atoms with E-state index >= 15 is 0 Å². The number of hydrogen-bond donors (Lipinski definition) is 1. The van der Waals surface area contributed by atoms with Crippen LogP contribution < -0.4 is 5.32 Å². The third kappa shape index (κ3) is 3.13. The number of rotatable bonds is 4. The van der Waals surface area contributed by atoms with E-state index in [1.165, 1.54) is 0 Å². The van der Waals surface area contributed by atoms with Gasteiger partial charge in [0.15, 0.2) is 5.78 Å². The van der Waals surface area contributed by atoms with Crippen LogP contribution in [0.15, 0.2) is 30.3 Å². The van der Waals surface area contributed by atoms with Gasteiger partial charge in [-0.1, -0.05) is 30.3 Å². The molecule has 1 N–H and O–H groups in total. The summed E-state index contributed by atoms with van der Waals surface area (Å²) in [6.45, 7) is 3.59. The quantitative estimate of drug-likeness (QED) is 0.867. The molecule has 0 aliphatic heterocycles. The van der Waals surface area contributed by atoms with Crippen LogP contribution in [-0.4, -0.2) is 17.6 Å². The zero-order chi connectivity index (χ0) is 15.5. The summed E-state index contributed by atoms with van der Waals surface area (Å²) < 4.78 is 0. The van der Waals surface area contributed by atoms with Crippen LogP contribution in [0.25, 0.3) is 0 Å². The number of carbonyl (C=O) groups is 2. The molecule has 1 atom stereocenters. The number of Topliss-reactive ketones (excluding diaryl/α,β-unsaturated/α-hetero) is 1. The van der Waals surface area contributed by atoms with Crippen molar-refractivity contribution in [3.05, 3.63) is 35.9 Å². The Bertz CT molecular complexity index is 527. The largest absolute Gasteiger partial charge is 0.339 e. The predicted octanol–water partition coefficient (Wildman–Crippen LogP) is 3.41. The third-order valence-corrected chi connectivity index (χ3v) is 4.89. The molecule has 0 heterocycles. The lowest BCUT2D eigenvalue weighted by Gasteiger charge is -2.39. The molecule has 1 aromatic rings. The van der Waals surface area contributed by atoms with E-state index in [0.717, 1.165) is 18.4 Å². The number of alkyl halides is 1. The Morgan fingerprint density at radius 2 is 1.95 bits per heavy atom. The van der Waals surface area contributed by atoms with Crippen LogP contribution in [0.5, 0.6) is 0 Å². The molecule has 1 aromatic carbocycles. The van der Waals surface area contributed by atoms with Crippen LogP contribution in [0.4, 0.5) is 0 Å². The third-order valence-electron chi connectivity index (χ3n) is 4.22. The molecule has 2 rings (SSSR count). The van der Waals surface area contributed by atoms with Crippen LogP contribution in [-0.2, 0) is 15.1 Å². The van der Waals surface area contributed by atoms with Gasteiger partial charge in [0.05, 0.1) is 5.41 Å². The van der Waals surface area contributed by atoms with Gasteiger partial charge in [-0.05, 0) is 38.7 Å². The fraction of sp³-hybridized carbons (Fsp3) is 0.529. The van der Waals surface area contributed by atoms with Crippen LogP contribution in [0.3, 0.4) is 0 Å². The molecule has 21 heavy (non-hydrogen) atoms. The van der Waals surface area contributed by atoms with Crippen LogP contribution in [0.2, 0.25) is 0 Å². The second-order valence-electron chi connectivity index (χ2n) is 6.37. The highest BCUT2D eigenvalue weighted by Gasteiger charge is 2.44. The minimum atomic E-state index is -0.889. The topological polar surface area (TPSA) is 46.2 Å². The SMILES string of the molecule is CC(C)(CCl)C(=O)NC1(c2ccccc2)CCCCC1=O. The van der Waals surface area contributed by atoms with Crippen molar-refractivity contribution in [2.24, 2.45) is 5.41 Å². The van der Waals surface area contributed by atoms with E-state index in [4.69, 9.17) is 11.6 Å². The Morgan fingerprint density at radius 3 is 2.52 bits per heavy atom. The Hall–Kier alpha value is -1.35. The molecule has 0 radical (unpaired) electrons. The molecule has 0 saturated heterocycles. The minimum absolute atomic E-state index is 0.0960. The van der Waals surface area contributed by atoms with Crippen molar-refractivity contribution < 1.29 is 9.59 Å². The molecule has 114 valence electrons. The van der Waals surface area contributed by atoms with Gasteiger partial charge in [0.2, 0.25) is 5.91 Å². The highest BCUT2D eigenvalue weighted by atomic mass is 35.5. The van der Waals surface area contributed by atoms with Gasteiger partial charge in [-0.3, -0.25) is 9.59 Å². The van der Waals surface area contributed by atoms with Gasteiger partial charge in [-0.2, -0.15) is 0 Å². The fourth-order valence-corrected chi connectivity index (χ4v) is 2.81. The second kappa shape index (κ2) is 6.18. The predicted molar refractivity (Wildman–Crippen MR) is 84.2 cm³/mol. The number of nitrogens with one attached hydrogen (secondary N) is 1. The van der Waals surface area contributed by atoms with E-state index in [9.17, 15) is 9.59 Å². The average Bonchev–Trinajstić information content (AvgIpc) is 2.50. The monoisotopic (exact) mass is 307 g/mol. The zero-order valence-electron chi connectivity index (χ0n) is 12.6. The van der Waals surface area contributed by atoms with E-state index in [1.54, 1.807) is 13.8 Å². The molecular formula is C17H22ClNO2. The van der Waals surface area contributed by atoms with Gasteiger partial charge in [0.25, 0.3) is 0 Å². The number of hydrogen-bond acceptors (Lipinski definition) is 2. The van der Waals surface area contributed by atoms with Crippen molar-refractivity contribution >= 4 is 23.3 Å². The number of ketones is 1. The van der Waals surface area contributed by atoms with Gasteiger partial charge < -0.3 is 5.32 Å². The van der Waals surface area contributed by atoms with Gasteiger partial charge in [0, 0.05) is 12.3 Å². The van der Waals surface area contributed by atoms with Crippen molar-refractivity contribution in [1.82, 2.24) is 5.32 Å². The summed E-state index contributed by atoms with van der Waals surface area (Å²) >= 11 is 5.89. The van der Waals surface area contributed by atoms with E-state index < -0.39 is 11.0 Å². The van der Waals surface area contributed by atoms with Gasteiger partial charge in [-0.25, -0.2) is 0 Å². The molecule has 4 heteroatoms. The second-order valence-corrected chi connectivity index (χ2v) is 6.64. The molecular weight excluding hydrogens is 286 g/mol. The molecule has 1 aliphatic rings. The Balaban J connectivity index is 2.38. The van der Waals surface area contributed by atoms with E-state index in [2.05, 4.69) is 5.32 Å². The maximum Gasteiger partial charge on any atom is 0.227 e. The lowest BCUT2D eigenvalue weighted by molar-refractivity contribution is -0.138. The molecule has 1 saturated carbocycles. The zero-order valence-corrected chi connectivity index (χ0v) is 13.4. The fourth-order valence-electron chi connectivity index (χ4n) is 2.68. The summed E-state index contributed by atoms with van der Waals surface area (Å²) in [6.07, 6.45) is 2.99. The van der Waals surface area contributed by atoms with Crippen LogP contribution in [0.1, 0.15) is 45.1 Å². The number of amides is 1. The van der Waals surface area contributed by atoms with E-state index in [0.29, 0.717) is 12.8 Å². The molecule has 0 spiro atoms. The van der Waals surface area contributed by atoms with Crippen molar-refractivity contribution in [3.63, 3.8) is 0 Å². The molecule has 1 aliphatic carbocycles. The molecule has 3 nitrogen and oxygen atoms in total. The maximum atomic E-state index is 12.6. The average molecular weight is 308 g/mol. The normalized spacial score (nSPS) is 22.9. The van der Waals surface area contributed by atoms with Crippen LogP contribution in [0, 0.1) is 5.41 Å². The molecule has 1 unspecified atom stereocenters. The van der Waals surface area contributed by atoms with Gasteiger partial charge >= 0.3 is 0 Å². The summed E-state index contributed by atoms with van der Waals surface area (Å²) in [4.78, 5) is 25.2. The van der Waals surface area contributed by atoms with Crippen molar-refractivity contribution in [3.8, 4) is 0 Å². The summed E-state index contributed by atoms with van der Waals surface area (Å²) in [5.41, 5.74) is -0.713. The molecule has 0 aromatic heterocycles. The first-order valence-electron chi connectivity index (χ1n) is 7.40. The first-order chi connectivity index (χ1) is 9.92. The molecule has 0 bridgehead atoms. The van der Waals surface area contributed by atoms with Crippen molar-refractivity contribution in [2.75, 3.05) is 5.88 Å². The van der Waals surface area contributed by atoms with E-state index in [-0.39, 0.29) is 17.6 Å². The summed E-state index contributed by atoms with van der Waals surface area (Å²) in [5.74, 6) is 0.146. The molecule has 1 amide bonds. The highest BCUT2D eigenvalue weighted by Crippen LogP contribution is 2.35. The lowest BCUT2D eigenvalue weighted by Crippen LogP contribution is -2.56. The molecule has 1 fully saturated rings. The number of carbonyl (C=O) groups excluding carboxylic acids is 2. The lowest BCUT2D eigenvalue weighted by atomic mass is 9.74. The Morgan fingerprint density at radius 1 is 1.29 bits per heavy atom. The smallest absolute Gasteiger partial charge is 0.227 e. The minimum Gasteiger partial charge on any atom is -0.339 e. The summed E-state index contributed by atoms with van der Waals surface area (Å²) in [7, 11) is 0. The highest BCUT2D eigenvalue weighted by molar-refractivity contribution is 6.20. The Kier molecular flexibility index (Phi) is 4.72. The van der Waals surface area contributed by atoms with Crippen molar-refractivity contribution in [1.29, 1.82) is 0 Å². The summed E-state index contributed by atoms with van der Waals surface area (Å²) in [5, 5.41) is 3.02. The number of benzene rings is 1. The van der Waals surface area contributed by atoms with Gasteiger partial charge in [0.1, 0.15) is 5.54 Å². The maximum absolute atomic E-state index is 12.6. The van der Waals surface area contributed by atoms with Crippen molar-refractivity contribution in [2.45, 2.75) is 45.1 Å². The Labute approximate surface area is 131 Å². The van der Waals surface area contributed by atoms with E-state index in [1.807, 2.05) is 30.3 Å². The summed E-state index contributed by atoms with van der Waals surface area (Å²) in [6, 6.07) is 9.54. The van der Waals surface area contributed by atoms with Gasteiger partial charge in [-0.15, -0.1) is 11.6 Å². The first kappa shape index (κ1) is 16.0.